The SMILES string of the molecule is CCOc1ccc(S(=O)(=O)N2CCN(C(=O)c3ccc(OC)c(Br)c3)CC2)cc1. The fourth-order valence-corrected chi connectivity index (χ4v) is 5.10. The van der Waals surface area contributed by atoms with E-state index in [0.717, 1.165) is 0 Å². The number of amides is 1. The number of carbonyl (C=O) groups excluding carboxylic acids is 1. The molecule has 1 amide bonds. The van der Waals surface area contributed by atoms with Gasteiger partial charge in [0.2, 0.25) is 10.0 Å². The zero-order valence-electron chi connectivity index (χ0n) is 16.3. The Labute approximate surface area is 179 Å². The Morgan fingerprint density at radius 1 is 1.07 bits per heavy atom. The van der Waals surface area contributed by atoms with Crippen LogP contribution in [0.15, 0.2) is 51.8 Å². The van der Waals surface area contributed by atoms with Gasteiger partial charge in [-0.15, -0.1) is 0 Å². The lowest BCUT2D eigenvalue weighted by molar-refractivity contribution is 0.0698. The van der Waals surface area contributed by atoms with Gasteiger partial charge in [0.25, 0.3) is 5.91 Å². The summed E-state index contributed by atoms with van der Waals surface area (Å²) in [6, 6.07) is 11.5. The Hall–Kier alpha value is -2.10. The van der Waals surface area contributed by atoms with Crippen LogP contribution < -0.4 is 9.47 Å². The van der Waals surface area contributed by atoms with Crippen LogP contribution in [0.1, 0.15) is 17.3 Å². The summed E-state index contributed by atoms with van der Waals surface area (Å²) in [6.45, 7) is 3.55. The molecule has 1 saturated heterocycles. The highest BCUT2D eigenvalue weighted by atomic mass is 79.9. The van der Waals surface area contributed by atoms with Crippen molar-refractivity contribution in [2.75, 3.05) is 39.9 Å². The largest absolute Gasteiger partial charge is 0.496 e. The number of sulfonamides is 1. The Kier molecular flexibility index (Phi) is 6.81. The van der Waals surface area contributed by atoms with Crippen molar-refractivity contribution in [3.05, 3.63) is 52.5 Å². The van der Waals surface area contributed by atoms with E-state index in [1.54, 1.807) is 54.5 Å². The number of hydrogen-bond donors (Lipinski definition) is 0. The highest BCUT2D eigenvalue weighted by Gasteiger charge is 2.30. The van der Waals surface area contributed by atoms with Gasteiger partial charge in [-0.05, 0) is 65.3 Å². The third-order valence-electron chi connectivity index (χ3n) is 4.70. The van der Waals surface area contributed by atoms with Gasteiger partial charge < -0.3 is 14.4 Å². The summed E-state index contributed by atoms with van der Waals surface area (Å²) in [5, 5.41) is 0. The van der Waals surface area contributed by atoms with Crippen molar-refractivity contribution in [2.24, 2.45) is 0 Å². The smallest absolute Gasteiger partial charge is 0.253 e. The summed E-state index contributed by atoms with van der Waals surface area (Å²) in [6.07, 6.45) is 0. The normalized spacial score (nSPS) is 15.2. The molecular formula is C20H23BrN2O5S. The van der Waals surface area contributed by atoms with Crippen LogP contribution in [-0.2, 0) is 10.0 Å². The minimum atomic E-state index is -3.61. The second kappa shape index (κ2) is 9.15. The number of rotatable bonds is 6. The van der Waals surface area contributed by atoms with Crippen LogP contribution in [-0.4, -0.2) is 63.4 Å². The maximum atomic E-state index is 12.9. The maximum absolute atomic E-state index is 12.9. The van der Waals surface area contributed by atoms with E-state index in [1.165, 1.54) is 4.31 Å². The molecule has 3 rings (SSSR count). The van der Waals surface area contributed by atoms with Gasteiger partial charge in [0.1, 0.15) is 11.5 Å². The standard InChI is InChI=1S/C20H23BrN2O5S/c1-3-28-16-5-7-17(8-6-16)29(25,26)23-12-10-22(11-13-23)20(24)15-4-9-19(27-2)18(21)14-15/h4-9,14H,3,10-13H2,1-2H3. The van der Waals surface area contributed by atoms with Gasteiger partial charge in [-0.2, -0.15) is 4.31 Å². The van der Waals surface area contributed by atoms with Gasteiger partial charge in [-0.25, -0.2) is 8.42 Å². The molecule has 7 nitrogen and oxygen atoms in total. The first-order chi connectivity index (χ1) is 13.9. The van der Waals surface area contributed by atoms with Crippen LogP contribution in [0.2, 0.25) is 0 Å². The van der Waals surface area contributed by atoms with Gasteiger partial charge in [0.15, 0.2) is 0 Å². The molecule has 29 heavy (non-hydrogen) atoms. The molecule has 2 aromatic rings. The Bertz CT molecular complexity index is 971. The zero-order valence-corrected chi connectivity index (χ0v) is 18.7. The molecule has 0 N–H and O–H groups in total. The molecule has 0 saturated carbocycles. The van der Waals surface area contributed by atoms with Crippen molar-refractivity contribution in [1.82, 2.24) is 9.21 Å². The average molecular weight is 483 g/mol. The molecule has 0 bridgehead atoms. The van der Waals surface area contributed by atoms with E-state index in [2.05, 4.69) is 15.9 Å². The quantitative estimate of drug-likeness (QED) is 0.632. The number of carbonyl (C=O) groups is 1. The molecule has 1 aliphatic heterocycles. The summed E-state index contributed by atoms with van der Waals surface area (Å²) in [5.41, 5.74) is 0.528. The molecule has 1 fully saturated rings. The summed E-state index contributed by atoms with van der Waals surface area (Å²) in [7, 11) is -2.05. The summed E-state index contributed by atoms with van der Waals surface area (Å²) in [5.74, 6) is 1.15. The molecule has 0 unspecified atom stereocenters. The van der Waals surface area contributed by atoms with Crippen LogP contribution in [0.5, 0.6) is 11.5 Å². The minimum absolute atomic E-state index is 0.133. The van der Waals surface area contributed by atoms with E-state index in [4.69, 9.17) is 9.47 Å². The third kappa shape index (κ3) is 4.73. The fourth-order valence-electron chi connectivity index (χ4n) is 3.14. The molecule has 9 heteroatoms. The van der Waals surface area contributed by atoms with Crippen molar-refractivity contribution < 1.29 is 22.7 Å². The van der Waals surface area contributed by atoms with Gasteiger partial charge in [-0.3, -0.25) is 4.79 Å². The first-order valence-electron chi connectivity index (χ1n) is 9.22. The summed E-state index contributed by atoms with van der Waals surface area (Å²) >= 11 is 3.38. The number of ether oxygens (including phenoxy) is 2. The van der Waals surface area contributed by atoms with Gasteiger partial charge in [0, 0.05) is 31.7 Å². The van der Waals surface area contributed by atoms with Crippen molar-refractivity contribution >= 4 is 31.9 Å². The average Bonchev–Trinajstić information content (AvgIpc) is 2.74. The lowest BCUT2D eigenvalue weighted by atomic mass is 10.2. The minimum Gasteiger partial charge on any atom is -0.496 e. The van der Waals surface area contributed by atoms with Crippen LogP contribution >= 0.6 is 15.9 Å². The van der Waals surface area contributed by atoms with Crippen LogP contribution in [0.25, 0.3) is 0 Å². The molecule has 156 valence electrons. The predicted molar refractivity (Wildman–Crippen MR) is 113 cm³/mol. The van der Waals surface area contributed by atoms with E-state index in [0.29, 0.717) is 41.2 Å². The summed E-state index contributed by atoms with van der Waals surface area (Å²) < 4.78 is 38.4. The molecule has 0 spiro atoms. The van der Waals surface area contributed by atoms with Crippen molar-refractivity contribution in [2.45, 2.75) is 11.8 Å². The van der Waals surface area contributed by atoms with Crippen LogP contribution in [0.3, 0.4) is 0 Å². The van der Waals surface area contributed by atoms with Crippen molar-refractivity contribution in [1.29, 1.82) is 0 Å². The molecule has 0 aromatic heterocycles. The number of piperazine rings is 1. The maximum Gasteiger partial charge on any atom is 0.253 e. The second-order valence-corrected chi connectivity index (χ2v) is 9.24. The van der Waals surface area contributed by atoms with Crippen molar-refractivity contribution in [3.8, 4) is 11.5 Å². The van der Waals surface area contributed by atoms with E-state index in [1.807, 2.05) is 6.92 Å². The van der Waals surface area contributed by atoms with Gasteiger partial charge >= 0.3 is 0 Å². The predicted octanol–water partition coefficient (Wildman–Crippen LogP) is 3.00. The molecule has 0 radical (unpaired) electrons. The number of hydrogen-bond acceptors (Lipinski definition) is 5. The lowest BCUT2D eigenvalue weighted by Crippen LogP contribution is -2.50. The number of benzene rings is 2. The number of methoxy groups -OCH3 is 1. The first-order valence-corrected chi connectivity index (χ1v) is 11.5. The van der Waals surface area contributed by atoms with Crippen molar-refractivity contribution in [3.63, 3.8) is 0 Å². The Balaban J connectivity index is 1.66. The Morgan fingerprint density at radius 3 is 2.28 bits per heavy atom. The number of halogens is 1. The Morgan fingerprint density at radius 2 is 1.72 bits per heavy atom. The highest BCUT2D eigenvalue weighted by molar-refractivity contribution is 9.10. The third-order valence-corrected chi connectivity index (χ3v) is 7.23. The van der Waals surface area contributed by atoms with Crippen LogP contribution in [0.4, 0.5) is 0 Å². The van der Waals surface area contributed by atoms with E-state index < -0.39 is 10.0 Å². The fraction of sp³-hybridized carbons (Fsp3) is 0.350. The second-order valence-electron chi connectivity index (χ2n) is 6.45. The number of nitrogens with zero attached hydrogens (tertiary/aromatic N) is 2. The lowest BCUT2D eigenvalue weighted by Gasteiger charge is -2.34. The van der Waals surface area contributed by atoms with E-state index >= 15 is 0 Å². The first kappa shape index (κ1) is 21.6. The van der Waals surface area contributed by atoms with Gasteiger partial charge in [-0.1, -0.05) is 0 Å². The topological polar surface area (TPSA) is 76.2 Å². The van der Waals surface area contributed by atoms with E-state index in [9.17, 15) is 13.2 Å². The molecule has 1 heterocycles. The monoisotopic (exact) mass is 482 g/mol. The zero-order chi connectivity index (χ0) is 21.0. The van der Waals surface area contributed by atoms with E-state index in [-0.39, 0.29) is 23.9 Å². The molecule has 2 aromatic carbocycles. The highest BCUT2D eigenvalue weighted by Crippen LogP contribution is 2.27. The summed E-state index contributed by atoms with van der Waals surface area (Å²) in [4.78, 5) is 14.6. The van der Waals surface area contributed by atoms with Gasteiger partial charge in [0.05, 0.1) is 23.1 Å². The van der Waals surface area contributed by atoms with Crippen LogP contribution in [0, 0.1) is 0 Å². The molecule has 1 aliphatic rings. The molecule has 0 aliphatic carbocycles. The molecule has 0 atom stereocenters. The molecular weight excluding hydrogens is 460 g/mol.